The third kappa shape index (κ3) is 5.14. The van der Waals surface area contributed by atoms with Crippen LogP contribution in [0, 0.1) is 0 Å². The maximum atomic E-state index is 15.0. The lowest BCUT2D eigenvalue weighted by Gasteiger charge is -2.24. The predicted molar refractivity (Wildman–Crippen MR) is 159 cm³/mol. The van der Waals surface area contributed by atoms with Gasteiger partial charge in [0.1, 0.15) is 11.4 Å². The fourth-order valence-electron chi connectivity index (χ4n) is 5.25. The molecular formula is C32H22Cl2F3N3O3. The molecule has 0 saturated carbocycles. The zero-order valence-corrected chi connectivity index (χ0v) is 24.0. The van der Waals surface area contributed by atoms with Crippen LogP contribution in [0.2, 0.25) is 10.0 Å². The average molecular weight is 624 g/mol. The van der Waals surface area contributed by atoms with Crippen molar-refractivity contribution in [2.75, 3.05) is 7.11 Å². The Morgan fingerprint density at radius 3 is 2.19 bits per heavy atom. The molecule has 0 unspecified atom stereocenters. The van der Waals surface area contributed by atoms with E-state index >= 15 is 0 Å². The summed E-state index contributed by atoms with van der Waals surface area (Å²) in [6, 6.07) is 26.7. The summed E-state index contributed by atoms with van der Waals surface area (Å²) in [5, 5.41) is 0.561. The van der Waals surface area contributed by atoms with Crippen LogP contribution >= 0.6 is 23.2 Å². The van der Waals surface area contributed by atoms with Gasteiger partial charge in [0.2, 0.25) is 11.5 Å². The van der Waals surface area contributed by atoms with E-state index in [4.69, 9.17) is 32.8 Å². The van der Waals surface area contributed by atoms with E-state index in [1.165, 1.54) is 37.4 Å². The normalized spacial score (nSPS) is 14.4. The lowest BCUT2D eigenvalue weighted by molar-refractivity contribution is -0.143. The molecule has 4 aromatic carbocycles. The number of hydroxylamine groups is 1. The number of rotatable bonds is 7. The third-order valence-electron chi connectivity index (χ3n) is 7.22. The molecule has 0 fully saturated rings. The summed E-state index contributed by atoms with van der Waals surface area (Å²) in [6.07, 6.45) is -4.94. The van der Waals surface area contributed by atoms with Gasteiger partial charge in [-0.3, -0.25) is 4.79 Å². The van der Waals surface area contributed by atoms with Crippen molar-refractivity contribution in [3.05, 3.63) is 135 Å². The first-order chi connectivity index (χ1) is 20.6. The zero-order chi connectivity index (χ0) is 30.4. The Labute approximate surface area is 254 Å². The van der Waals surface area contributed by atoms with Crippen molar-refractivity contribution in [3.63, 3.8) is 0 Å². The molecule has 1 aromatic heterocycles. The number of nitrogens with zero attached hydrogens (tertiary/aromatic N) is 2. The number of carbonyl (C=O) groups excluding carboxylic acids is 1. The maximum absolute atomic E-state index is 15.0. The Kier molecular flexibility index (Phi) is 7.41. The van der Waals surface area contributed by atoms with Gasteiger partial charge in [-0.1, -0.05) is 89.9 Å². The first-order valence-electron chi connectivity index (χ1n) is 13.0. The molecule has 0 atom stereocenters. The number of carbonyl (C=O) groups is 1. The molecule has 0 radical (unpaired) electrons. The number of fused-ring (bicyclic) bond motifs is 1. The first-order valence-corrected chi connectivity index (χ1v) is 13.8. The Bertz CT molecular complexity index is 1830. The highest BCUT2D eigenvalue weighted by Gasteiger charge is 2.46. The number of halogens is 5. The highest BCUT2D eigenvalue weighted by atomic mass is 35.5. The van der Waals surface area contributed by atoms with Gasteiger partial charge in [0.15, 0.2) is 5.84 Å². The second-order valence-corrected chi connectivity index (χ2v) is 10.6. The Hall–Kier alpha value is -4.31. The molecule has 6 rings (SSSR count). The summed E-state index contributed by atoms with van der Waals surface area (Å²) >= 11 is 12.4. The molecule has 218 valence electrons. The van der Waals surface area contributed by atoms with Crippen LogP contribution in [-0.2, 0) is 23.3 Å². The van der Waals surface area contributed by atoms with Crippen molar-refractivity contribution in [3.8, 4) is 5.75 Å². The number of aromatic nitrogens is 1. The predicted octanol–water partition coefficient (Wildman–Crippen LogP) is 8.04. The summed E-state index contributed by atoms with van der Waals surface area (Å²) in [5.41, 5.74) is 0.965. The van der Waals surface area contributed by atoms with E-state index in [0.717, 1.165) is 4.57 Å². The molecular weight excluding hydrogens is 602 g/mol. The summed E-state index contributed by atoms with van der Waals surface area (Å²) < 4.78 is 51.3. The minimum absolute atomic E-state index is 0.0307. The number of methoxy groups -OCH3 is 1. The van der Waals surface area contributed by atoms with Gasteiger partial charge in [-0.2, -0.15) is 13.2 Å². The van der Waals surface area contributed by atoms with Gasteiger partial charge in [-0.15, -0.1) is 0 Å². The molecule has 0 saturated heterocycles. The van der Waals surface area contributed by atoms with Crippen LogP contribution in [0.1, 0.15) is 32.7 Å². The topological polar surface area (TPSA) is 64.8 Å². The van der Waals surface area contributed by atoms with Gasteiger partial charge < -0.3 is 9.30 Å². The third-order valence-corrected chi connectivity index (χ3v) is 7.81. The number of hydrogen-bond acceptors (Lipinski definition) is 5. The monoisotopic (exact) mass is 623 g/mol. The van der Waals surface area contributed by atoms with Crippen molar-refractivity contribution in [1.82, 2.24) is 10.0 Å². The second kappa shape index (κ2) is 11.1. The Morgan fingerprint density at radius 1 is 0.953 bits per heavy atom. The molecule has 1 aliphatic heterocycles. The lowest BCUT2D eigenvalue weighted by Crippen LogP contribution is -2.31. The molecule has 11 heteroatoms. The van der Waals surface area contributed by atoms with Gasteiger partial charge in [0.25, 0.3) is 0 Å². The number of Topliss-reactive ketones (excluding diaryl/α,β-unsaturated/α-hetero) is 1. The van der Waals surface area contributed by atoms with E-state index in [-0.39, 0.29) is 34.1 Å². The van der Waals surface area contributed by atoms with Gasteiger partial charge in [0, 0.05) is 38.6 Å². The van der Waals surface area contributed by atoms with Crippen molar-refractivity contribution in [2.24, 2.45) is 4.99 Å². The van der Waals surface area contributed by atoms with Crippen molar-refractivity contribution >= 4 is 45.7 Å². The SMILES string of the molecule is COc1ccc2c(c1)c(C(=O)C1=NC(c3ccccc3)(c3ccccc3)ON1)c(C(F)(F)F)n2Cc1ccc(Cl)cc1Cl. The van der Waals surface area contributed by atoms with Crippen molar-refractivity contribution in [2.45, 2.75) is 18.4 Å². The molecule has 0 amide bonds. The molecule has 1 N–H and O–H groups in total. The smallest absolute Gasteiger partial charge is 0.432 e. The van der Waals surface area contributed by atoms with Gasteiger partial charge in [-0.05, 0) is 35.9 Å². The molecule has 5 aromatic rings. The summed E-state index contributed by atoms with van der Waals surface area (Å²) in [7, 11) is 1.39. The molecule has 43 heavy (non-hydrogen) atoms. The standard InChI is InChI=1S/C32H22Cl2F3N3O3/c1-42-23-14-15-26-24(17-23)27(29(32(35,36)37)40(26)18-19-12-13-22(33)16-25(19)34)28(41)30-38-31(43-39-30,20-8-4-2-5-9-20)21-10-6-3-7-11-21/h2-17H,18H2,1H3,(H,38,39). The van der Waals surface area contributed by atoms with E-state index in [1.54, 1.807) is 54.6 Å². The number of aliphatic imine (C=N–C) groups is 1. The van der Waals surface area contributed by atoms with Gasteiger partial charge in [-0.25, -0.2) is 15.3 Å². The summed E-state index contributed by atoms with van der Waals surface area (Å²) in [5.74, 6) is -1.11. The summed E-state index contributed by atoms with van der Waals surface area (Å²) in [4.78, 5) is 24.8. The minimum atomic E-state index is -4.94. The maximum Gasteiger partial charge on any atom is 0.432 e. The number of ether oxygens (including phenoxy) is 1. The number of nitrogens with one attached hydrogen (secondary N) is 1. The van der Waals surface area contributed by atoms with E-state index < -0.39 is 28.9 Å². The van der Waals surface area contributed by atoms with E-state index in [2.05, 4.69) is 10.5 Å². The minimum Gasteiger partial charge on any atom is -0.497 e. The van der Waals surface area contributed by atoms with E-state index in [1.807, 2.05) is 12.1 Å². The quantitative estimate of drug-likeness (QED) is 0.186. The molecule has 1 aliphatic rings. The number of ketones is 1. The first kappa shape index (κ1) is 28.8. The fourth-order valence-corrected chi connectivity index (χ4v) is 5.72. The van der Waals surface area contributed by atoms with E-state index in [0.29, 0.717) is 21.7 Å². The van der Waals surface area contributed by atoms with Crippen LogP contribution in [-0.4, -0.2) is 23.3 Å². The summed E-state index contributed by atoms with van der Waals surface area (Å²) in [6.45, 7) is -0.282. The highest BCUT2D eigenvalue weighted by Crippen LogP contribution is 2.42. The fraction of sp³-hybridized carbons (Fsp3) is 0.125. The van der Waals surface area contributed by atoms with Crippen molar-refractivity contribution < 1.29 is 27.5 Å². The lowest BCUT2D eigenvalue weighted by atomic mass is 9.95. The van der Waals surface area contributed by atoms with Crippen LogP contribution in [0.5, 0.6) is 5.75 Å². The van der Waals surface area contributed by atoms with Crippen LogP contribution < -0.4 is 10.2 Å². The number of hydrogen-bond donors (Lipinski definition) is 1. The number of amidine groups is 1. The Morgan fingerprint density at radius 2 is 1.60 bits per heavy atom. The molecule has 0 bridgehead atoms. The largest absolute Gasteiger partial charge is 0.497 e. The van der Waals surface area contributed by atoms with Crippen molar-refractivity contribution in [1.29, 1.82) is 0 Å². The molecule has 2 heterocycles. The highest BCUT2D eigenvalue weighted by molar-refractivity contribution is 6.47. The zero-order valence-electron chi connectivity index (χ0n) is 22.5. The van der Waals surface area contributed by atoms with Gasteiger partial charge in [0.05, 0.1) is 12.7 Å². The van der Waals surface area contributed by atoms with Crippen LogP contribution in [0.3, 0.4) is 0 Å². The van der Waals surface area contributed by atoms with Gasteiger partial charge >= 0.3 is 6.18 Å². The molecule has 0 spiro atoms. The molecule has 6 nitrogen and oxygen atoms in total. The Balaban J connectivity index is 1.57. The second-order valence-electron chi connectivity index (χ2n) is 9.80. The molecule has 0 aliphatic carbocycles. The van der Waals surface area contributed by atoms with Crippen LogP contribution in [0.25, 0.3) is 10.9 Å². The van der Waals surface area contributed by atoms with Crippen LogP contribution in [0.4, 0.5) is 13.2 Å². The number of alkyl halides is 3. The average Bonchev–Trinajstić information content (AvgIpc) is 3.60. The van der Waals surface area contributed by atoms with E-state index in [9.17, 15) is 18.0 Å². The number of benzene rings is 4. The van der Waals surface area contributed by atoms with Crippen LogP contribution in [0.15, 0.2) is 102 Å².